The van der Waals surface area contributed by atoms with Gasteiger partial charge in [-0.05, 0) is 61.4 Å². The van der Waals surface area contributed by atoms with Crippen LogP contribution in [0.1, 0.15) is 53.7 Å². The van der Waals surface area contributed by atoms with Gasteiger partial charge in [0.2, 0.25) is 0 Å². The summed E-state index contributed by atoms with van der Waals surface area (Å²) in [5.41, 5.74) is 2.50. The third-order valence-electron chi connectivity index (χ3n) is 3.93. The minimum atomic E-state index is -0.323. The van der Waals surface area contributed by atoms with Crippen LogP contribution in [0.4, 0.5) is 0 Å². The fourth-order valence-electron chi connectivity index (χ4n) is 2.46. The third-order valence-corrected chi connectivity index (χ3v) is 3.93. The van der Waals surface area contributed by atoms with Gasteiger partial charge in [-0.2, -0.15) is 0 Å². The summed E-state index contributed by atoms with van der Waals surface area (Å²) in [6, 6.07) is 9.88. The fraction of sp³-hybridized carbons (Fsp3) is 0.286. The first-order valence-electron chi connectivity index (χ1n) is 8.53. The zero-order valence-corrected chi connectivity index (χ0v) is 15.4. The molecule has 2 rings (SSSR count). The lowest BCUT2D eigenvalue weighted by Gasteiger charge is -2.11. The monoisotopic (exact) mass is 354 g/mol. The Balaban J connectivity index is 2.25. The molecule has 136 valence electrons. The van der Waals surface area contributed by atoms with Crippen LogP contribution in [-0.4, -0.2) is 17.7 Å². The van der Waals surface area contributed by atoms with Crippen LogP contribution >= 0.6 is 0 Å². The third kappa shape index (κ3) is 4.57. The van der Waals surface area contributed by atoms with E-state index >= 15 is 0 Å². The first-order valence-corrected chi connectivity index (χ1v) is 8.53. The highest BCUT2D eigenvalue weighted by molar-refractivity contribution is 6.11. The normalized spacial score (nSPS) is 10.3. The average Bonchev–Trinajstić information content (AvgIpc) is 2.61. The molecular weight excluding hydrogens is 332 g/mol. The number of carbonyl (C=O) groups is 3. The second-order valence-corrected chi connectivity index (χ2v) is 5.94. The zero-order valence-electron chi connectivity index (χ0n) is 15.4. The molecule has 0 radical (unpaired) electrons. The van der Waals surface area contributed by atoms with Crippen LogP contribution in [0.25, 0.3) is 0 Å². The molecule has 0 heterocycles. The van der Waals surface area contributed by atoms with E-state index in [-0.39, 0.29) is 30.6 Å². The Labute approximate surface area is 152 Å². The van der Waals surface area contributed by atoms with Crippen LogP contribution < -0.4 is 9.47 Å². The number of esters is 2. The summed E-state index contributed by atoms with van der Waals surface area (Å²) in [7, 11) is 0. The van der Waals surface area contributed by atoms with E-state index in [4.69, 9.17) is 9.47 Å². The van der Waals surface area contributed by atoms with Gasteiger partial charge in [-0.25, -0.2) is 0 Å². The second-order valence-electron chi connectivity index (χ2n) is 5.94. The summed E-state index contributed by atoms with van der Waals surface area (Å²) in [6.07, 6.45) is 0.571. The highest BCUT2D eigenvalue weighted by Gasteiger charge is 2.16. The summed E-state index contributed by atoms with van der Waals surface area (Å²) >= 11 is 0. The number of hydrogen-bond donors (Lipinski definition) is 0. The maximum atomic E-state index is 12.9. The Morgan fingerprint density at radius 3 is 1.42 bits per heavy atom. The molecule has 0 bridgehead atoms. The van der Waals surface area contributed by atoms with Crippen molar-refractivity contribution in [3.8, 4) is 11.5 Å². The van der Waals surface area contributed by atoms with Crippen molar-refractivity contribution in [2.75, 3.05) is 0 Å². The minimum absolute atomic E-state index is 0.137. The molecule has 0 saturated carbocycles. The molecule has 0 aliphatic heterocycles. The van der Waals surface area contributed by atoms with Gasteiger partial charge in [-0.3, -0.25) is 14.4 Å². The van der Waals surface area contributed by atoms with Crippen LogP contribution in [0.2, 0.25) is 0 Å². The zero-order chi connectivity index (χ0) is 19.3. The minimum Gasteiger partial charge on any atom is -0.427 e. The lowest BCUT2D eigenvalue weighted by atomic mass is 9.96. The number of hydrogen-bond acceptors (Lipinski definition) is 5. The summed E-state index contributed by atoms with van der Waals surface area (Å²) in [6.45, 7) is 7.03. The van der Waals surface area contributed by atoms with Crippen molar-refractivity contribution in [3.63, 3.8) is 0 Å². The first kappa shape index (κ1) is 19.4. The highest BCUT2D eigenvalue weighted by Crippen LogP contribution is 2.24. The Hall–Kier alpha value is -2.95. The van der Waals surface area contributed by atoms with E-state index in [1.165, 1.54) is 0 Å². The van der Waals surface area contributed by atoms with Crippen molar-refractivity contribution in [2.24, 2.45) is 0 Å². The van der Waals surface area contributed by atoms with Crippen molar-refractivity contribution in [3.05, 3.63) is 58.7 Å². The molecule has 26 heavy (non-hydrogen) atoms. The van der Waals surface area contributed by atoms with Crippen LogP contribution in [0.5, 0.6) is 11.5 Å². The number of carbonyl (C=O) groups excluding carboxylic acids is 3. The van der Waals surface area contributed by atoms with E-state index in [1.54, 1.807) is 64.1 Å². The number of rotatable bonds is 6. The summed E-state index contributed by atoms with van der Waals surface area (Å²) < 4.78 is 10.3. The van der Waals surface area contributed by atoms with Crippen molar-refractivity contribution in [1.82, 2.24) is 0 Å². The summed E-state index contributed by atoms with van der Waals surface area (Å²) in [4.78, 5) is 35.6. The molecule has 5 nitrogen and oxygen atoms in total. The highest BCUT2D eigenvalue weighted by atomic mass is 16.5. The average molecular weight is 354 g/mol. The molecule has 0 unspecified atom stereocenters. The van der Waals surface area contributed by atoms with Gasteiger partial charge in [0.15, 0.2) is 5.78 Å². The van der Waals surface area contributed by atoms with Crippen LogP contribution in [-0.2, 0) is 9.59 Å². The van der Waals surface area contributed by atoms with Gasteiger partial charge in [-0.1, -0.05) is 13.8 Å². The van der Waals surface area contributed by atoms with E-state index in [0.717, 1.165) is 11.1 Å². The quantitative estimate of drug-likeness (QED) is 0.442. The number of benzene rings is 2. The predicted molar refractivity (Wildman–Crippen MR) is 97.6 cm³/mol. The molecule has 0 aliphatic carbocycles. The molecule has 2 aromatic rings. The van der Waals surface area contributed by atoms with Crippen molar-refractivity contribution < 1.29 is 23.9 Å². The largest absolute Gasteiger partial charge is 0.427 e. The Morgan fingerprint density at radius 1 is 0.731 bits per heavy atom. The van der Waals surface area contributed by atoms with E-state index < -0.39 is 0 Å². The molecule has 2 aromatic carbocycles. The molecular formula is C21H22O5. The van der Waals surface area contributed by atoms with Crippen LogP contribution in [0, 0.1) is 13.8 Å². The van der Waals surface area contributed by atoms with Crippen molar-refractivity contribution in [2.45, 2.75) is 40.5 Å². The van der Waals surface area contributed by atoms with Crippen LogP contribution in [0.15, 0.2) is 36.4 Å². The lowest BCUT2D eigenvalue weighted by Crippen LogP contribution is -2.09. The van der Waals surface area contributed by atoms with Crippen LogP contribution in [0.3, 0.4) is 0 Å². The van der Waals surface area contributed by atoms with E-state index in [0.29, 0.717) is 22.6 Å². The van der Waals surface area contributed by atoms with Gasteiger partial charge in [-0.15, -0.1) is 0 Å². The molecule has 0 saturated heterocycles. The van der Waals surface area contributed by atoms with Gasteiger partial charge in [0.05, 0.1) is 0 Å². The van der Waals surface area contributed by atoms with Gasteiger partial charge in [0.25, 0.3) is 0 Å². The molecule has 5 heteroatoms. The first-order chi connectivity index (χ1) is 12.3. The fourth-order valence-corrected chi connectivity index (χ4v) is 2.46. The number of ketones is 1. The van der Waals surface area contributed by atoms with E-state index in [1.807, 2.05) is 0 Å². The second kappa shape index (κ2) is 8.43. The molecule has 0 spiro atoms. The van der Waals surface area contributed by atoms with Crippen molar-refractivity contribution >= 4 is 17.7 Å². The maximum absolute atomic E-state index is 12.9. The Morgan fingerprint density at radius 2 is 1.12 bits per heavy atom. The summed E-state index contributed by atoms with van der Waals surface area (Å²) in [5.74, 6) is 0.0590. The molecule has 0 fully saturated rings. The molecule has 0 amide bonds. The molecule has 0 aliphatic rings. The molecule has 0 N–H and O–H groups in total. The number of aryl methyl sites for hydroxylation is 2. The molecule has 0 atom stereocenters. The van der Waals surface area contributed by atoms with Gasteiger partial charge in [0, 0.05) is 24.0 Å². The van der Waals surface area contributed by atoms with Gasteiger partial charge in [0.1, 0.15) is 11.5 Å². The molecule has 0 aromatic heterocycles. The maximum Gasteiger partial charge on any atom is 0.310 e. The SMILES string of the molecule is CCC(=O)Oc1ccc(C(=O)c2ccc(OC(=O)CC)cc2C)c(C)c1. The van der Waals surface area contributed by atoms with Crippen molar-refractivity contribution in [1.29, 1.82) is 0 Å². The predicted octanol–water partition coefficient (Wildman–Crippen LogP) is 4.17. The lowest BCUT2D eigenvalue weighted by molar-refractivity contribution is -0.134. The summed E-state index contributed by atoms with van der Waals surface area (Å²) in [5, 5.41) is 0. The van der Waals surface area contributed by atoms with Gasteiger partial charge < -0.3 is 9.47 Å². The Kier molecular flexibility index (Phi) is 6.28. The topological polar surface area (TPSA) is 69.7 Å². The Bertz CT molecular complexity index is 782. The standard InChI is InChI=1S/C21H22O5/c1-5-19(22)25-15-7-9-17(13(3)11-15)21(24)18-10-8-16(12-14(18)4)26-20(23)6-2/h7-12H,5-6H2,1-4H3. The smallest absolute Gasteiger partial charge is 0.310 e. The van der Waals surface area contributed by atoms with Gasteiger partial charge >= 0.3 is 11.9 Å². The van der Waals surface area contributed by atoms with E-state index in [9.17, 15) is 14.4 Å². The van der Waals surface area contributed by atoms with E-state index in [2.05, 4.69) is 0 Å². The number of ether oxygens (including phenoxy) is 2.